The molecule has 0 bridgehead atoms. The molecule has 208 valence electrons. The molecular weight excluding hydrogens is 553 g/mol. The van der Waals surface area contributed by atoms with E-state index in [1.807, 2.05) is 60.0 Å². The second-order valence-corrected chi connectivity index (χ2v) is 10.3. The van der Waals surface area contributed by atoms with Gasteiger partial charge in [0, 0.05) is 29.4 Å². The van der Waals surface area contributed by atoms with Gasteiger partial charge in [-0.05, 0) is 55.8 Å². The molecule has 0 aliphatic carbocycles. The van der Waals surface area contributed by atoms with Crippen LogP contribution in [0.4, 0.5) is 5.82 Å². The average Bonchev–Trinajstić information content (AvgIpc) is 3.36. The molecule has 2 N–H and O–H groups in total. The number of nitrogens with one attached hydrogen (secondary N) is 2. The van der Waals surface area contributed by atoms with Crippen LogP contribution >= 0.6 is 23.2 Å². The monoisotopic (exact) mass is 581 g/mol. The molecule has 40 heavy (non-hydrogen) atoms. The Bertz CT molecular complexity index is 1530. The molecule has 0 saturated carbocycles. The van der Waals surface area contributed by atoms with Crippen molar-refractivity contribution < 1.29 is 14.3 Å². The van der Waals surface area contributed by atoms with Gasteiger partial charge in [0.15, 0.2) is 17.0 Å². The molecule has 1 aliphatic rings. The summed E-state index contributed by atoms with van der Waals surface area (Å²) in [6.45, 7) is 3.47. The number of ether oxygens (including phenoxy) is 1. The van der Waals surface area contributed by atoms with Crippen LogP contribution < -0.4 is 15.5 Å². The highest BCUT2D eigenvalue weighted by Gasteiger charge is 2.41. The summed E-state index contributed by atoms with van der Waals surface area (Å²) in [5.74, 6) is 0.587. The van der Waals surface area contributed by atoms with Crippen molar-refractivity contribution in [1.82, 2.24) is 30.2 Å². The molecule has 5 rings (SSSR count). The fourth-order valence-corrected chi connectivity index (χ4v) is 5.43. The first-order valence-electron chi connectivity index (χ1n) is 13.0. The zero-order valence-corrected chi connectivity index (χ0v) is 23.7. The highest BCUT2D eigenvalue weighted by Crippen LogP contribution is 2.36. The number of fused-ring (bicyclic) bond motifs is 1. The lowest BCUT2D eigenvalue weighted by Crippen LogP contribution is -2.62. The molecule has 0 spiro atoms. The number of carbonyl (C=O) groups is 2. The number of aromatic nitrogens is 4. The van der Waals surface area contributed by atoms with Gasteiger partial charge in [0.05, 0.1) is 12.1 Å². The number of imidazole rings is 1. The van der Waals surface area contributed by atoms with Crippen molar-refractivity contribution in [2.45, 2.75) is 25.3 Å². The number of methoxy groups -OCH3 is 1. The van der Waals surface area contributed by atoms with E-state index in [4.69, 9.17) is 28.2 Å². The van der Waals surface area contributed by atoms with Crippen LogP contribution in [0.15, 0.2) is 54.9 Å². The first-order chi connectivity index (χ1) is 19.4. The molecule has 3 heterocycles. The third-order valence-electron chi connectivity index (χ3n) is 7.11. The van der Waals surface area contributed by atoms with E-state index in [0.717, 1.165) is 11.3 Å². The average molecular weight is 582 g/mol. The summed E-state index contributed by atoms with van der Waals surface area (Å²) >= 11 is 12.8. The molecule has 4 aromatic rings. The summed E-state index contributed by atoms with van der Waals surface area (Å²) in [7, 11) is 1.29. The number of benzene rings is 2. The minimum Gasteiger partial charge on any atom is -0.468 e. The zero-order valence-electron chi connectivity index (χ0n) is 22.2. The zero-order chi connectivity index (χ0) is 28.3. The van der Waals surface area contributed by atoms with Crippen LogP contribution in [0, 0.1) is 0 Å². The molecule has 0 radical (unpaired) electrons. The lowest BCUT2D eigenvalue weighted by atomic mass is 9.86. The van der Waals surface area contributed by atoms with Gasteiger partial charge in [0.2, 0.25) is 5.91 Å². The van der Waals surface area contributed by atoms with Crippen LogP contribution in [0.25, 0.3) is 28.2 Å². The number of esters is 1. The number of anilines is 1. The number of likely N-dealkylation sites (N-methyl/N-ethyl adjacent to an activating group) is 1. The van der Waals surface area contributed by atoms with E-state index in [1.54, 1.807) is 0 Å². The predicted molar refractivity (Wildman–Crippen MR) is 155 cm³/mol. The molecule has 1 aliphatic heterocycles. The fourth-order valence-electron chi connectivity index (χ4n) is 5.09. The molecule has 0 unspecified atom stereocenters. The smallest absolute Gasteiger partial charge is 0.325 e. The van der Waals surface area contributed by atoms with E-state index in [9.17, 15) is 9.59 Å². The summed E-state index contributed by atoms with van der Waals surface area (Å²) in [5, 5.41) is 7.24. The third-order valence-corrected chi connectivity index (χ3v) is 7.69. The van der Waals surface area contributed by atoms with Gasteiger partial charge in [-0.15, -0.1) is 0 Å². The van der Waals surface area contributed by atoms with E-state index < -0.39 is 11.5 Å². The van der Waals surface area contributed by atoms with Crippen molar-refractivity contribution in [3.8, 4) is 17.1 Å². The largest absolute Gasteiger partial charge is 0.468 e. The molecule has 1 fully saturated rings. The van der Waals surface area contributed by atoms with Crippen LogP contribution in [0.3, 0.4) is 0 Å². The number of rotatable bonds is 8. The highest BCUT2D eigenvalue weighted by atomic mass is 35.5. The summed E-state index contributed by atoms with van der Waals surface area (Å²) in [6.07, 6.45) is 2.54. The van der Waals surface area contributed by atoms with Gasteiger partial charge in [-0.2, -0.15) is 0 Å². The Morgan fingerprint density at radius 3 is 2.45 bits per heavy atom. The molecule has 1 saturated heterocycles. The quantitative estimate of drug-likeness (QED) is 0.300. The summed E-state index contributed by atoms with van der Waals surface area (Å²) < 4.78 is 6.61. The maximum absolute atomic E-state index is 13.1. The molecule has 10 nitrogen and oxygen atoms in total. The van der Waals surface area contributed by atoms with Crippen molar-refractivity contribution in [3.63, 3.8) is 0 Å². The second-order valence-electron chi connectivity index (χ2n) is 9.45. The van der Waals surface area contributed by atoms with Gasteiger partial charge in [0.1, 0.15) is 24.2 Å². The van der Waals surface area contributed by atoms with Gasteiger partial charge in [-0.3, -0.25) is 14.2 Å². The normalized spacial score (nSPS) is 14.8. The van der Waals surface area contributed by atoms with Crippen molar-refractivity contribution in [3.05, 3.63) is 64.9 Å². The number of piperidine rings is 1. The number of hydrogen-bond acceptors (Lipinski definition) is 8. The Hall–Kier alpha value is -3.73. The van der Waals surface area contributed by atoms with Crippen LogP contribution in [-0.2, 0) is 14.3 Å². The van der Waals surface area contributed by atoms with Gasteiger partial charge in [-0.1, -0.05) is 42.3 Å². The topological polar surface area (TPSA) is 114 Å². The number of hydrogen-bond donors (Lipinski definition) is 2. The molecule has 0 atom stereocenters. The molecule has 2 aromatic carbocycles. The maximum atomic E-state index is 13.1. The lowest BCUT2D eigenvalue weighted by molar-refractivity contribution is -0.142. The second kappa shape index (κ2) is 11.8. The third kappa shape index (κ3) is 5.34. The van der Waals surface area contributed by atoms with E-state index in [1.165, 1.54) is 13.4 Å². The number of carbonyl (C=O) groups excluding carboxylic acids is 2. The Morgan fingerprint density at radius 1 is 1.05 bits per heavy atom. The van der Waals surface area contributed by atoms with E-state index >= 15 is 0 Å². The van der Waals surface area contributed by atoms with Crippen molar-refractivity contribution in [1.29, 1.82) is 0 Å². The van der Waals surface area contributed by atoms with Crippen LogP contribution in [0.2, 0.25) is 10.0 Å². The van der Waals surface area contributed by atoms with Crippen molar-refractivity contribution >= 4 is 52.1 Å². The fraction of sp³-hybridized carbons (Fsp3) is 0.321. The standard InChI is InChI=1S/C28H29Cl2N7O3/c1-3-34-28(27(39)31-16-22(38)40-2)12-14-36(15-13-28)25-23-26(33-17-32-25)37(19-10-8-18(29)9-11-19)24(35-23)20-6-4-5-7-21(20)30/h4-11,17,34H,3,12-16H2,1-2H3,(H,31,39). The van der Waals surface area contributed by atoms with Crippen LogP contribution in [0.5, 0.6) is 0 Å². The Kier molecular flexibility index (Phi) is 8.20. The van der Waals surface area contributed by atoms with Gasteiger partial charge in [-0.25, -0.2) is 15.0 Å². The number of nitrogens with zero attached hydrogens (tertiary/aromatic N) is 5. The minimum atomic E-state index is -0.809. The number of halogens is 2. The van der Waals surface area contributed by atoms with Crippen LogP contribution in [-0.4, -0.2) is 70.2 Å². The van der Waals surface area contributed by atoms with Gasteiger partial charge in [0.25, 0.3) is 0 Å². The van der Waals surface area contributed by atoms with Crippen molar-refractivity contribution in [2.75, 3.05) is 38.2 Å². The summed E-state index contributed by atoms with van der Waals surface area (Å²) in [4.78, 5) is 41.1. The summed E-state index contributed by atoms with van der Waals surface area (Å²) in [5.41, 5.74) is 2.03. The van der Waals surface area contributed by atoms with Gasteiger partial charge < -0.3 is 20.3 Å². The SMILES string of the molecule is CCNC1(C(=O)NCC(=O)OC)CCN(c2ncnc3c2nc(-c2ccccc2Cl)n3-c2ccc(Cl)cc2)CC1. The first kappa shape index (κ1) is 27.8. The van der Waals surface area contributed by atoms with E-state index in [0.29, 0.717) is 65.3 Å². The number of amides is 1. The van der Waals surface area contributed by atoms with E-state index in [-0.39, 0.29) is 12.5 Å². The van der Waals surface area contributed by atoms with E-state index in [2.05, 4.69) is 30.2 Å². The first-order valence-corrected chi connectivity index (χ1v) is 13.7. The molecular formula is C28H29Cl2N7O3. The molecule has 2 aromatic heterocycles. The molecule has 12 heteroatoms. The van der Waals surface area contributed by atoms with Crippen LogP contribution in [0.1, 0.15) is 19.8 Å². The Labute approximate surface area is 241 Å². The maximum Gasteiger partial charge on any atom is 0.325 e. The lowest BCUT2D eigenvalue weighted by Gasteiger charge is -2.41. The Balaban J connectivity index is 1.52. The highest BCUT2D eigenvalue weighted by molar-refractivity contribution is 6.33. The molecule has 1 amide bonds. The minimum absolute atomic E-state index is 0.175. The predicted octanol–water partition coefficient (Wildman–Crippen LogP) is 4.03. The van der Waals surface area contributed by atoms with Gasteiger partial charge >= 0.3 is 5.97 Å². The van der Waals surface area contributed by atoms with Crippen molar-refractivity contribution in [2.24, 2.45) is 0 Å². The Morgan fingerprint density at radius 2 is 1.77 bits per heavy atom. The summed E-state index contributed by atoms with van der Waals surface area (Å²) in [6, 6.07) is 15.0.